The highest BCUT2D eigenvalue weighted by molar-refractivity contribution is 5.66. The highest BCUT2D eigenvalue weighted by atomic mass is 16.4. The predicted molar refractivity (Wildman–Crippen MR) is 102 cm³/mol. The van der Waals surface area contributed by atoms with Crippen LogP contribution >= 0.6 is 0 Å². The second-order valence-corrected chi connectivity index (χ2v) is 7.33. The third-order valence-electron chi connectivity index (χ3n) is 5.18. The highest BCUT2D eigenvalue weighted by Crippen LogP contribution is 2.38. The van der Waals surface area contributed by atoms with Crippen molar-refractivity contribution in [1.29, 1.82) is 5.26 Å². The zero-order valence-corrected chi connectivity index (χ0v) is 15.9. The van der Waals surface area contributed by atoms with Gasteiger partial charge >= 0.3 is 5.97 Å². The molecule has 1 heterocycles. The average Bonchev–Trinajstić information content (AvgIpc) is 3.11. The molecule has 0 amide bonds. The summed E-state index contributed by atoms with van der Waals surface area (Å²) in [6, 6.07) is 2.25. The van der Waals surface area contributed by atoms with Gasteiger partial charge in [-0.15, -0.1) is 0 Å². The average molecular weight is 374 g/mol. The number of hydrogen-bond donors (Lipinski definition) is 4. The number of aromatic amines is 1. The Labute approximate surface area is 160 Å². The summed E-state index contributed by atoms with van der Waals surface area (Å²) >= 11 is 0. The van der Waals surface area contributed by atoms with E-state index in [2.05, 4.69) is 18.0 Å². The normalized spacial score (nSPS) is 19.9. The van der Waals surface area contributed by atoms with Gasteiger partial charge in [0.1, 0.15) is 6.07 Å². The van der Waals surface area contributed by atoms with E-state index in [1.54, 1.807) is 6.08 Å². The van der Waals surface area contributed by atoms with Crippen LogP contribution in [0.15, 0.2) is 12.2 Å². The van der Waals surface area contributed by atoms with Gasteiger partial charge in [0.25, 0.3) is 0 Å². The molecule has 1 aliphatic carbocycles. The molecule has 0 radical (unpaired) electrons. The Bertz CT molecular complexity index is 702. The molecule has 3 atom stereocenters. The number of carboxylic acid groups (broad SMARTS) is 1. The van der Waals surface area contributed by atoms with Gasteiger partial charge in [0.05, 0.1) is 17.8 Å². The topological polar surface area (TPSA) is 117 Å². The second-order valence-electron chi connectivity index (χ2n) is 7.33. The first-order chi connectivity index (χ1) is 13.0. The zero-order chi connectivity index (χ0) is 19.8. The van der Waals surface area contributed by atoms with Crippen LogP contribution in [0.25, 0.3) is 0 Å². The van der Waals surface area contributed by atoms with Gasteiger partial charge in [-0.3, -0.25) is 4.79 Å². The van der Waals surface area contributed by atoms with Crippen LogP contribution in [-0.4, -0.2) is 38.5 Å². The van der Waals surface area contributed by atoms with Gasteiger partial charge < -0.3 is 20.3 Å². The van der Waals surface area contributed by atoms with Crippen molar-refractivity contribution in [1.82, 2.24) is 4.98 Å². The van der Waals surface area contributed by atoms with Crippen molar-refractivity contribution in [3.8, 4) is 6.07 Å². The minimum Gasteiger partial charge on any atom is -0.481 e. The Morgan fingerprint density at radius 3 is 2.81 bits per heavy atom. The van der Waals surface area contributed by atoms with E-state index in [9.17, 15) is 20.3 Å². The van der Waals surface area contributed by atoms with Gasteiger partial charge in [0.2, 0.25) is 0 Å². The molecule has 4 N–H and O–H groups in total. The van der Waals surface area contributed by atoms with Gasteiger partial charge in [-0.1, -0.05) is 38.3 Å². The molecule has 0 saturated heterocycles. The lowest BCUT2D eigenvalue weighted by Crippen LogP contribution is -2.14. The van der Waals surface area contributed by atoms with Gasteiger partial charge in [0.15, 0.2) is 0 Å². The molecule has 1 aromatic heterocycles. The smallest absolute Gasteiger partial charge is 0.303 e. The Balaban J connectivity index is 2.07. The molecule has 0 aliphatic heterocycles. The van der Waals surface area contributed by atoms with E-state index in [1.807, 2.05) is 6.08 Å². The minimum atomic E-state index is -0.810. The lowest BCUT2D eigenvalue weighted by Gasteiger charge is -2.13. The third-order valence-corrected chi connectivity index (χ3v) is 5.18. The van der Waals surface area contributed by atoms with Crippen LogP contribution in [0.1, 0.15) is 80.3 Å². The molecular weight excluding hydrogens is 344 g/mol. The van der Waals surface area contributed by atoms with E-state index in [1.165, 1.54) is 0 Å². The molecule has 1 aromatic rings. The number of aliphatic hydroxyl groups is 2. The first kappa shape index (κ1) is 21.2. The van der Waals surface area contributed by atoms with Crippen molar-refractivity contribution in [2.75, 3.05) is 0 Å². The van der Waals surface area contributed by atoms with E-state index in [0.717, 1.165) is 36.2 Å². The number of aryl methyl sites for hydroxylation is 1. The molecule has 6 heteroatoms. The fourth-order valence-corrected chi connectivity index (χ4v) is 3.75. The molecule has 1 aliphatic rings. The lowest BCUT2D eigenvalue weighted by molar-refractivity contribution is -0.137. The maximum atomic E-state index is 10.6. The number of carbonyl (C=O) groups is 1. The van der Waals surface area contributed by atoms with Gasteiger partial charge in [-0.2, -0.15) is 5.26 Å². The van der Waals surface area contributed by atoms with Gasteiger partial charge in [0, 0.05) is 35.7 Å². The van der Waals surface area contributed by atoms with Crippen molar-refractivity contribution in [3.63, 3.8) is 0 Å². The van der Waals surface area contributed by atoms with E-state index in [4.69, 9.17) is 5.11 Å². The number of rotatable bonds is 11. The summed E-state index contributed by atoms with van der Waals surface area (Å²) in [7, 11) is 0. The molecule has 2 rings (SSSR count). The quantitative estimate of drug-likeness (QED) is 0.350. The lowest BCUT2D eigenvalue weighted by atomic mass is 9.95. The molecule has 148 valence electrons. The first-order valence-corrected chi connectivity index (χ1v) is 9.87. The van der Waals surface area contributed by atoms with Crippen LogP contribution in [0, 0.1) is 11.3 Å². The molecule has 0 spiro atoms. The van der Waals surface area contributed by atoms with Crippen molar-refractivity contribution in [3.05, 3.63) is 34.7 Å². The summed E-state index contributed by atoms with van der Waals surface area (Å²) in [6.45, 7) is 2.12. The SMILES string of the molecule is CCCCC[C@@H](O)/C=C/[C@@H]1c2c([nH]c(CCCCC(=O)O)c2C#N)C[C@H]1O. The molecule has 0 fully saturated rings. The van der Waals surface area contributed by atoms with E-state index < -0.39 is 18.2 Å². The number of carboxylic acids is 1. The molecule has 0 bridgehead atoms. The number of aliphatic hydroxyl groups excluding tert-OH is 2. The van der Waals surface area contributed by atoms with Gasteiger partial charge in [-0.25, -0.2) is 0 Å². The number of unbranched alkanes of at least 4 members (excludes halogenated alkanes) is 3. The summed E-state index contributed by atoms with van der Waals surface area (Å²) in [4.78, 5) is 13.9. The maximum Gasteiger partial charge on any atom is 0.303 e. The largest absolute Gasteiger partial charge is 0.481 e. The Morgan fingerprint density at radius 2 is 2.15 bits per heavy atom. The van der Waals surface area contributed by atoms with Crippen LogP contribution in [0.2, 0.25) is 0 Å². The maximum absolute atomic E-state index is 10.6. The number of nitrogens with zero attached hydrogens (tertiary/aromatic N) is 1. The molecule has 6 nitrogen and oxygen atoms in total. The number of H-pyrrole nitrogens is 1. The minimum absolute atomic E-state index is 0.127. The summed E-state index contributed by atoms with van der Waals surface area (Å²) in [5.74, 6) is -1.10. The number of fused-ring (bicyclic) bond motifs is 1. The molecule has 0 saturated carbocycles. The summed E-state index contributed by atoms with van der Waals surface area (Å²) < 4.78 is 0. The Kier molecular flexibility index (Phi) is 8.08. The fraction of sp³-hybridized carbons (Fsp3) is 0.619. The number of nitrogens with one attached hydrogen (secondary N) is 1. The van der Waals surface area contributed by atoms with Crippen LogP contribution in [-0.2, 0) is 17.6 Å². The van der Waals surface area contributed by atoms with Crippen molar-refractivity contribution >= 4 is 5.97 Å². The van der Waals surface area contributed by atoms with Crippen LogP contribution in [0.3, 0.4) is 0 Å². The van der Waals surface area contributed by atoms with E-state index in [0.29, 0.717) is 37.7 Å². The Hall–Kier alpha value is -2.10. The van der Waals surface area contributed by atoms with Crippen LogP contribution < -0.4 is 0 Å². The molecule has 0 aromatic carbocycles. The van der Waals surface area contributed by atoms with E-state index >= 15 is 0 Å². The summed E-state index contributed by atoms with van der Waals surface area (Å²) in [6.07, 6.45) is 8.76. The van der Waals surface area contributed by atoms with Crippen LogP contribution in [0.5, 0.6) is 0 Å². The fourth-order valence-electron chi connectivity index (χ4n) is 3.75. The van der Waals surface area contributed by atoms with E-state index in [-0.39, 0.29) is 12.3 Å². The zero-order valence-electron chi connectivity index (χ0n) is 15.9. The monoisotopic (exact) mass is 374 g/mol. The molecule has 0 unspecified atom stereocenters. The van der Waals surface area contributed by atoms with Crippen LogP contribution in [0.4, 0.5) is 0 Å². The molecule has 27 heavy (non-hydrogen) atoms. The number of aromatic nitrogens is 1. The first-order valence-electron chi connectivity index (χ1n) is 9.87. The predicted octanol–water partition coefficient (Wildman–Crippen LogP) is 3.18. The summed E-state index contributed by atoms with van der Waals surface area (Å²) in [5, 5.41) is 38.8. The van der Waals surface area contributed by atoms with Crippen molar-refractivity contribution in [2.45, 2.75) is 82.8 Å². The number of nitriles is 1. The Morgan fingerprint density at radius 1 is 1.37 bits per heavy atom. The highest BCUT2D eigenvalue weighted by Gasteiger charge is 2.35. The number of aliphatic carboxylic acids is 1. The summed E-state index contributed by atoms with van der Waals surface area (Å²) in [5.41, 5.74) is 3.09. The van der Waals surface area contributed by atoms with Crippen molar-refractivity contribution < 1.29 is 20.1 Å². The third kappa shape index (κ3) is 5.69. The van der Waals surface area contributed by atoms with Crippen molar-refractivity contribution in [2.24, 2.45) is 0 Å². The number of hydrogen-bond acceptors (Lipinski definition) is 4. The standard InChI is InChI=1S/C21H30N2O4/c1-2-3-4-7-14(24)10-11-15-19(25)12-18-21(15)16(13-22)17(23-18)8-5-6-9-20(26)27/h10-11,14-15,19,23-25H,2-9,12H2,1H3,(H,26,27)/b11-10+/t14-,15+,19-/m1/s1. The molecular formula is C21H30N2O4. The second kappa shape index (κ2) is 10.3. The van der Waals surface area contributed by atoms with Gasteiger partial charge in [-0.05, 0) is 25.7 Å².